The van der Waals surface area contributed by atoms with Crippen molar-refractivity contribution in [2.75, 3.05) is 26.2 Å². The third-order valence-electron chi connectivity index (χ3n) is 3.07. The Morgan fingerprint density at radius 1 is 1.23 bits per heavy atom. The predicted octanol–water partition coefficient (Wildman–Crippen LogP) is 1.19. The molecule has 0 aromatic heterocycles. The molecule has 75 valence electrons. The van der Waals surface area contributed by atoms with Crippen LogP contribution in [0.15, 0.2) is 0 Å². The third-order valence-corrected chi connectivity index (χ3v) is 3.07. The number of alkyl halides is 1. The molecule has 1 unspecified atom stereocenters. The molecule has 0 aromatic carbocycles. The van der Waals surface area contributed by atoms with E-state index in [1.54, 1.807) is 0 Å². The summed E-state index contributed by atoms with van der Waals surface area (Å²) in [4.78, 5) is 2.37. The monoisotopic (exact) mass is 185 g/mol. The van der Waals surface area contributed by atoms with E-state index in [1.165, 1.54) is 12.8 Å². The minimum absolute atomic E-state index is 0.545. The molecule has 2 fully saturated rings. The topological polar surface area (TPSA) is 17.3 Å². The fourth-order valence-corrected chi connectivity index (χ4v) is 2.22. The van der Waals surface area contributed by atoms with Crippen molar-refractivity contribution >= 4 is 0 Å². The van der Waals surface area contributed by atoms with Crippen LogP contribution in [0.25, 0.3) is 0 Å². The number of nitrogens with zero attached hydrogens (tertiary/aromatic N) is 2. The Hall–Kier alpha value is -0.150. The van der Waals surface area contributed by atoms with Gasteiger partial charge in [0.05, 0.1) is 0 Å². The molecular formula is C10H18FN2. The van der Waals surface area contributed by atoms with Gasteiger partial charge in [-0.15, -0.1) is 0 Å². The Morgan fingerprint density at radius 3 is 2.62 bits per heavy atom. The maximum absolute atomic E-state index is 12.8. The van der Waals surface area contributed by atoms with Crippen LogP contribution in [0.3, 0.4) is 0 Å². The van der Waals surface area contributed by atoms with Crippen LogP contribution in [0.1, 0.15) is 25.7 Å². The van der Waals surface area contributed by atoms with Crippen LogP contribution < -0.4 is 5.32 Å². The highest BCUT2D eigenvalue weighted by Gasteiger charge is 2.23. The molecule has 0 N–H and O–H groups in total. The molecule has 2 aliphatic rings. The van der Waals surface area contributed by atoms with Crippen LogP contribution in [-0.2, 0) is 0 Å². The Morgan fingerprint density at radius 2 is 2.00 bits per heavy atom. The largest absolute Gasteiger partial charge is 0.302 e. The lowest BCUT2D eigenvalue weighted by Gasteiger charge is -2.30. The number of hydrogen-bond donors (Lipinski definition) is 0. The lowest BCUT2D eigenvalue weighted by molar-refractivity contribution is 0.142. The highest BCUT2D eigenvalue weighted by molar-refractivity contribution is 4.80. The van der Waals surface area contributed by atoms with Crippen LogP contribution in [0, 0.1) is 0 Å². The van der Waals surface area contributed by atoms with Gasteiger partial charge in [-0.2, -0.15) is 0 Å². The summed E-state index contributed by atoms with van der Waals surface area (Å²) in [6.45, 7) is 4.00. The maximum atomic E-state index is 12.8. The standard InChI is InChI=1S/C10H18FN2/c11-9-3-6-13(7-4-9)8-10-2-1-5-12-10/h9-10H,1-8H2. The van der Waals surface area contributed by atoms with Crippen LogP contribution in [-0.4, -0.2) is 43.3 Å². The minimum atomic E-state index is -0.545. The predicted molar refractivity (Wildman–Crippen MR) is 50.6 cm³/mol. The molecule has 2 saturated heterocycles. The Kier molecular flexibility index (Phi) is 3.17. The van der Waals surface area contributed by atoms with Crippen LogP contribution in [0.5, 0.6) is 0 Å². The van der Waals surface area contributed by atoms with Gasteiger partial charge in [-0.05, 0) is 25.7 Å². The average molecular weight is 185 g/mol. The smallest absolute Gasteiger partial charge is 0.103 e. The van der Waals surface area contributed by atoms with Crippen molar-refractivity contribution in [3.8, 4) is 0 Å². The number of piperidine rings is 1. The fourth-order valence-electron chi connectivity index (χ4n) is 2.22. The zero-order chi connectivity index (χ0) is 9.10. The fraction of sp³-hybridized carbons (Fsp3) is 1.00. The van der Waals surface area contributed by atoms with Crippen molar-refractivity contribution in [3.05, 3.63) is 0 Å². The summed E-state index contributed by atoms with van der Waals surface area (Å²) in [5.74, 6) is 0. The van der Waals surface area contributed by atoms with Gasteiger partial charge >= 0.3 is 0 Å². The molecule has 0 saturated carbocycles. The number of hydrogen-bond acceptors (Lipinski definition) is 1. The van der Waals surface area contributed by atoms with E-state index in [1.807, 2.05) is 0 Å². The summed E-state index contributed by atoms with van der Waals surface area (Å²) in [5, 5.41) is 4.51. The summed E-state index contributed by atoms with van der Waals surface area (Å²) in [6, 6.07) is 0.552. The van der Waals surface area contributed by atoms with Gasteiger partial charge in [0.15, 0.2) is 0 Å². The second-order valence-corrected chi connectivity index (χ2v) is 4.18. The minimum Gasteiger partial charge on any atom is -0.302 e. The Bertz CT molecular complexity index is 149. The number of halogens is 1. The molecule has 13 heavy (non-hydrogen) atoms. The van der Waals surface area contributed by atoms with Gasteiger partial charge in [0, 0.05) is 32.2 Å². The summed E-state index contributed by atoms with van der Waals surface area (Å²) in [5.41, 5.74) is 0. The van der Waals surface area contributed by atoms with E-state index in [0.29, 0.717) is 6.04 Å². The van der Waals surface area contributed by atoms with E-state index in [-0.39, 0.29) is 0 Å². The van der Waals surface area contributed by atoms with E-state index in [2.05, 4.69) is 10.2 Å². The molecule has 0 bridgehead atoms. The molecule has 0 aliphatic carbocycles. The van der Waals surface area contributed by atoms with Gasteiger partial charge in [-0.1, -0.05) is 0 Å². The second-order valence-electron chi connectivity index (χ2n) is 4.18. The highest BCUT2D eigenvalue weighted by atomic mass is 19.1. The Balaban J connectivity index is 1.69. The van der Waals surface area contributed by atoms with Gasteiger partial charge in [0.1, 0.15) is 6.17 Å². The molecule has 0 spiro atoms. The first-order chi connectivity index (χ1) is 6.34. The number of rotatable bonds is 2. The molecule has 1 radical (unpaired) electrons. The molecule has 2 heterocycles. The first-order valence-electron chi connectivity index (χ1n) is 5.37. The molecule has 0 aromatic rings. The van der Waals surface area contributed by atoms with E-state index < -0.39 is 6.17 Å². The molecular weight excluding hydrogens is 167 g/mol. The normalized spacial score (nSPS) is 32.5. The SMILES string of the molecule is FC1CCN(CC2CCC[N]2)CC1. The van der Waals surface area contributed by atoms with Crippen molar-refractivity contribution in [3.63, 3.8) is 0 Å². The number of likely N-dealkylation sites (tertiary alicyclic amines) is 1. The van der Waals surface area contributed by atoms with Crippen LogP contribution >= 0.6 is 0 Å². The lowest BCUT2D eigenvalue weighted by atomic mass is 10.1. The molecule has 2 aliphatic heterocycles. The summed E-state index contributed by atoms with van der Waals surface area (Å²) >= 11 is 0. The summed E-state index contributed by atoms with van der Waals surface area (Å²) < 4.78 is 12.8. The van der Waals surface area contributed by atoms with Gasteiger partial charge in [-0.3, -0.25) is 0 Å². The highest BCUT2D eigenvalue weighted by Crippen LogP contribution is 2.15. The third kappa shape index (κ3) is 2.64. The average Bonchev–Trinajstić information content (AvgIpc) is 2.62. The molecule has 2 nitrogen and oxygen atoms in total. The van der Waals surface area contributed by atoms with Crippen molar-refractivity contribution in [2.45, 2.75) is 37.9 Å². The van der Waals surface area contributed by atoms with Crippen molar-refractivity contribution < 1.29 is 4.39 Å². The Labute approximate surface area is 79.5 Å². The maximum Gasteiger partial charge on any atom is 0.103 e. The second kappa shape index (κ2) is 4.38. The van der Waals surface area contributed by atoms with Gasteiger partial charge in [-0.25, -0.2) is 9.71 Å². The lowest BCUT2D eigenvalue weighted by Crippen LogP contribution is -2.40. The summed E-state index contributed by atoms with van der Waals surface area (Å²) in [6.07, 6.45) is 3.41. The van der Waals surface area contributed by atoms with Gasteiger partial charge in [0.2, 0.25) is 0 Å². The van der Waals surface area contributed by atoms with E-state index in [9.17, 15) is 4.39 Å². The van der Waals surface area contributed by atoms with Crippen molar-refractivity contribution in [1.29, 1.82) is 0 Å². The van der Waals surface area contributed by atoms with E-state index in [4.69, 9.17) is 0 Å². The molecule has 0 amide bonds. The quantitative estimate of drug-likeness (QED) is 0.631. The van der Waals surface area contributed by atoms with Gasteiger partial charge in [0.25, 0.3) is 0 Å². The van der Waals surface area contributed by atoms with Crippen LogP contribution in [0.4, 0.5) is 4.39 Å². The molecule has 2 rings (SSSR count). The zero-order valence-electron chi connectivity index (χ0n) is 8.08. The molecule has 3 heteroatoms. The summed E-state index contributed by atoms with van der Waals surface area (Å²) in [7, 11) is 0. The zero-order valence-corrected chi connectivity index (χ0v) is 8.08. The van der Waals surface area contributed by atoms with Crippen molar-refractivity contribution in [1.82, 2.24) is 10.2 Å². The van der Waals surface area contributed by atoms with Crippen LogP contribution in [0.2, 0.25) is 0 Å². The van der Waals surface area contributed by atoms with E-state index >= 15 is 0 Å². The first kappa shape index (κ1) is 9.41. The van der Waals surface area contributed by atoms with Crippen molar-refractivity contribution in [2.24, 2.45) is 0 Å². The molecule has 1 atom stereocenters. The van der Waals surface area contributed by atoms with E-state index in [0.717, 1.165) is 39.0 Å². The first-order valence-corrected chi connectivity index (χ1v) is 5.37. The van der Waals surface area contributed by atoms with Gasteiger partial charge < -0.3 is 4.90 Å².